The molecule has 51 heavy (non-hydrogen) atoms. The van der Waals surface area contributed by atoms with E-state index in [1.54, 1.807) is 0 Å². The minimum atomic E-state index is -0.756. The van der Waals surface area contributed by atoms with Crippen molar-refractivity contribution in [1.29, 1.82) is 0 Å². The Kier molecular flexibility index (Phi) is 38.4. The zero-order valence-corrected chi connectivity index (χ0v) is 34.6. The van der Waals surface area contributed by atoms with Crippen molar-refractivity contribution in [1.82, 2.24) is 0 Å². The van der Waals surface area contributed by atoms with E-state index < -0.39 is 6.10 Å². The molecule has 0 N–H and O–H groups in total. The average molecular weight is 723 g/mol. The second kappa shape index (κ2) is 39.6. The Bertz CT molecular complexity index is 768. The minimum absolute atomic E-state index is 0.0653. The summed E-state index contributed by atoms with van der Waals surface area (Å²) in [6.45, 7) is 8.94. The smallest absolute Gasteiger partial charge is 0.306 e. The Morgan fingerprint density at radius 2 is 0.686 bits per heavy atom. The van der Waals surface area contributed by atoms with Crippen molar-refractivity contribution in [2.45, 2.75) is 252 Å². The third-order valence-corrected chi connectivity index (χ3v) is 10.4. The number of hydrogen-bond donors (Lipinski definition) is 0. The van der Waals surface area contributed by atoms with Crippen LogP contribution in [0.2, 0.25) is 0 Å². The molecular formula is C45H86O6. The second-order valence-electron chi connectivity index (χ2n) is 15.6. The molecule has 0 heterocycles. The lowest BCUT2D eigenvalue weighted by Gasteiger charge is -2.18. The average Bonchev–Trinajstić information content (AvgIpc) is 3.13. The van der Waals surface area contributed by atoms with Gasteiger partial charge in [0.25, 0.3) is 0 Å². The highest BCUT2D eigenvalue weighted by Gasteiger charge is 2.19. The molecule has 0 aliphatic heterocycles. The maximum Gasteiger partial charge on any atom is 0.306 e. The summed E-state index contributed by atoms with van der Waals surface area (Å²) in [5.74, 6) is 0.0244. The summed E-state index contributed by atoms with van der Waals surface area (Å²) in [7, 11) is 0. The zero-order chi connectivity index (χ0) is 37.5. The van der Waals surface area contributed by atoms with Gasteiger partial charge in [-0.05, 0) is 25.2 Å². The van der Waals surface area contributed by atoms with Gasteiger partial charge in [0.2, 0.25) is 0 Å². The molecule has 0 aromatic rings. The molecule has 0 saturated heterocycles. The van der Waals surface area contributed by atoms with Gasteiger partial charge in [-0.3, -0.25) is 14.4 Å². The largest absolute Gasteiger partial charge is 0.462 e. The van der Waals surface area contributed by atoms with E-state index in [9.17, 15) is 14.4 Å². The third-order valence-electron chi connectivity index (χ3n) is 10.4. The van der Waals surface area contributed by atoms with Crippen molar-refractivity contribution in [3.8, 4) is 0 Å². The van der Waals surface area contributed by atoms with Crippen LogP contribution in [-0.4, -0.2) is 37.2 Å². The number of hydrogen-bond acceptors (Lipinski definition) is 6. The molecule has 2 atom stereocenters. The first-order chi connectivity index (χ1) is 24.9. The van der Waals surface area contributed by atoms with Crippen molar-refractivity contribution in [2.24, 2.45) is 5.92 Å². The summed E-state index contributed by atoms with van der Waals surface area (Å²) >= 11 is 0. The zero-order valence-electron chi connectivity index (χ0n) is 34.6. The highest BCUT2D eigenvalue weighted by molar-refractivity contribution is 5.71. The summed E-state index contributed by atoms with van der Waals surface area (Å²) in [5.41, 5.74) is 0. The Balaban J connectivity index is 4.09. The van der Waals surface area contributed by atoms with Crippen LogP contribution >= 0.6 is 0 Å². The number of unbranched alkanes of at least 4 members (excludes halogenated alkanes) is 26. The van der Waals surface area contributed by atoms with Crippen LogP contribution in [-0.2, 0) is 28.6 Å². The number of esters is 3. The first-order valence-electron chi connectivity index (χ1n) is 22.4. The van der Waals surface area contributed by atoms with E-state index in [4.69, 9.17) is 14.2 Å². The fraction of sp³-hybridized carbons (Fsp3) is 0.933. The van der Waals surface area contributed by atoms with Gasteiger partial charge in [-0.25, -0.2) is 0 Å². The van der Waals surface area contributed by atoms with E-state index in [0.717, 1.165) is 70.1 Å². The lowest BCUT2D eigenvalue weighted by Crippen LogP contribution is -2.30. The van der Waals surface area contributed by atoms with Crippen LogP contribution in [0.5, 0.6) is 0 Å². The highest BCUT2D eigenvalue weighted by Crippen LogP contribution is 2.17. The summed E-state index contributed by atoms with van der Waals surface area (Å²) < 4.78 is 16.6. The summed E-state index contributed by atoms with van der Waals surface area (Å²) in [6, 6.07) is 0. The van der Waals surface area contributed by atoms with Gasteiger partial charge in [0.1, 0.15) is 13.2 Å². The number of ether oxygens (including phenoxy) is 3. The molecule has 302 valence electrons. The van der Waals surface area contributed by atoms with Gasteiger partial charge in [-0.2, -0.15) is 0 Å². The SMILES string of the molecule is CCCCCCCCCCCCC(=O)OC[C@@H](COC(=O)CCCCCCCCCCCCCCCCC(C)CC)OC(=O)CCCCCCC. The molecule has 0 aromatic carbocycles. The van der Waals surface area contributed by atoms with Gasteiger partial charge in [0.05, 0.1) is 0 Å². The second-order valence-corrected chi connectivity index (χ2v) is 15.6. The maximum atomic E-state index is 12.5. The van der Waals surface area contributed by atoms with Crippen molar-refractivity contribution in [3.63, 3.8) is 0 Å². The molecule has 1 unspecified atom stereocenters. The fourth-order valence-electron chi connectivity index (χ4n) is 6.59. The van der Waals surface area contributed by atoms with Gasteiger partial charge in [-0.15, -0.1) is 0 Å². The van der Waals surface area contributed by atoms with Crippen molar-refractivity contribution in [2.75, 3.05) is 13.2 Å². The van der Waals surface area contributed by atoms with Gasteiger partial charge < -0.3 is 14.2 Å². The molecule has 6 nitrogen and oxygen atoms in total. The van der Waals surface area contributed by atoms with Crippen LogP contribution in [0.15, 0.2) is 0 Å². The first kappa shape index (κ1) is 49.4. The van der Waals surface area contributed by atoms with Crippen molar-refractivity contribution < 1.29 is 28.6 Å². The quantitative estimate of drug-likeness (QED) is 0.0356. The van der Waals surface area contributed by atoms with Crippen LogP contribution < -0.4 is 0 Å². The Labute approximate surface area is 317 Å². The van der Waals surface area contributed by atoms with E-state index in [1.165, 1.54) is 135 Å². The van der Waals surface area contributed by atoms with Crippen LogP contribution in [0, 0.1) is 5.92 Å². The fourth-order valence-corrected chi connectivity index (χ4v) is 6.59. The summed E-state index contributed by atoms with van der Waals surface area (Å²) in [5, 5.41) is 0. The van der Waals surface area contributed by atoms with Crippen LogP contribution in [0.4, 0.5) is 0 Å². The summed E-state index contributed by atoms with van der Waals surface area (Å²) in [4.78, 5) is 37.4. The number of rotatable bonds is 40. The van der Waals surface area contributed by atoms with Crippen LogP contribution in [0.25, 0.3) is 0 Å². The monoisotopic (exact) mass is 723 g/mol. The Morgan fingerprint density at radius 1 is 0.392 bits per heavy atom. The Morgan fingerprint density at radius 3 is 1.02 bits per heavy atom. The predicted octanol–water partition coefficient (Wildman–Crippen LogP) is 13.9. The normalized spacial score (nSPS) is 12.5. The van der Waals surface area contributed by atoms with Gasteiger partial charge in [0, 0.05) is 19.3 Å². The van der Waals surface area contributed by atoms with Crippen molar-refractivity contribution >= 4 is 17.9 Å². The standard InChI is InChI=1S/C45H86O6/c1-5-8-10-12-13-14-22-25-29-32-36-43(46)49-39-42(51-45(48)38-34-27-11-9-6-2)40-50-44(47)37-33-30-26-23-20-18-16-15-17-19-21-24-28-31-35-41(4)7-3/h41-42H,5-40H2,1-4H3/t41?,42-/m0/s1. The van der Waals surface area contributed by atoms with E-state index in [2.05, 4.69) is 27.7 Å². The predicted molar refractivity (Wildman–Crippen MR) is 215 cm³/mol. The molecule has 0 aromatic heterocycles. The molecule has 0 saturated carbocycles. The molecule has 0 spiro atoms. The molecule has 0 aliphatic carbocycles. The molecule has 0 aliphatic rings. The number of carbonyl (C=O) groups is 3. The molecule has 0 bridgehead atoms. The van der Waals surface area contributed by atoms with E-state index in [-0.39, 0.29) is 31.1 Å². The van der Waals surface area contributed by atoms with Gasteiger partial charge >= 0.3 is 17.9 Å². The molecule has 0 rings (SSSR count). The molecule has 0 radical (unpaired) electrons. The molecule has 6 heteroatoms. The number of carbonyl (C=O) groups excluding carboxylic acids is 3. The topological polar surface area (TPSA) is 78.9 Å². The minimum Gasteiger partial charge on any atom is -0.462 e. The molecule has 0 fully saturated rings. The lowest BCUT2D eigenvalue weighted by atomic mass is 9.99. The highest BCUT2D eigenvalue weighted by atomic mass is 16.6. The Hall–Kier alpha value is -1.59. The summed E-state index contributed by atoms with van der Waals surface area (Å²) in [6.07, 6.45) is 38.3. The van der Waals surface area contributed by atoms with E-state index in [1.807, 2.05) is 0 Å². The van der Waals surface area contributed by atoms with E-state index >= 15 is 0 Å². The van der Waals surface area contributed by atoms with Gasteiger partial charge in [-0.1, -0.05) is 207 Å². The third kappa shape index (κ3) is 38.0. The van der Waals surface area contributed by atoms with Crippen LogP contribution in [0.3, 0.4) is 0 Å². The first-order valence-corrected chi connectivity index (χ1v) is 22.4. The maximum absolute atomic E-state index is 12.5. The van der Waals surface area contributed by atoms with Crippen LogP contribution in [0.1, 0.15) is 246 Å². The van der Waals surface area contributed by atoms with Crippen molar-refractivity contribution in [3.05, 3.63) is 0 Å². The molecular weight excluding hydrogens is 636 g/mol. The molecule has 0 amide bonds. The van der Waals surface area contributed by atoms with E-state index in [0.29, 0.717) is 19.3 Å². The lowest BCUT2D eigenvalue weighted by molar-refractivity contribution is -0.167. The van der Waals surface area contributed by atoms with Gasteiger partial charge in [0.15, 0.2) is 6.10 Å².